The largest absolute Gasteiger partial charge is 0.344 e. The maximum Gasteiger partial charge on any atom is 0.234 e. The number of hydrogen-bond acceptors (Lipinski definition) is 2. The Bertz CT molecular complexity index is 270. The first-order valence-electron chi connectivity index (χ1n) is 6.68. The van der Waals surface area contributed by atoms with E-state index in [0.29, 0.717) is 13.1 Å². The van der Waals surface area contributed by atoms with Gasteiger partial charge < -0.3 is 5.32 Å². The standard InChI is InChI=1S/C14H24N2O/c1-3-6-13-7-5-10-16(11-8-13)12-14(17)15-9-4-2/h2,13H,3,5-12H2,1H3,(H,15,17). The molecule has 1 amide bonds. The van der Waals surface area contributed by atoms with Crippen LogP contribution in [0.25, 0.3) is 0 Å². The Kier molecular flexibility index (Phi) is 6.73. The molecule has 1 saturated heterocycles. The van der Waals surface area contributed by atoms with Crippen LogP contribution in [0, 0.1) is 18.3 Å². The molecule has 1 heterocycles. The molecule has 0 aromatic carbocycles. The van der Waals surface area contributed by atoms with Crippen molar-refractivity contribution in [3.05, 3.63) is 0 Å². The third kappa shape index (κ3) is 5.74. The number of carbonyl (C=O) groups is 1. The molecule has 0 aromatic rings. The number of likely N-dealkylation sites (tertiary alicyclic amines) is 1. The van der Waals surface area contributed by atoms with E-state index in [9.17, 15) is 4.79 Å². The van der Waals surface area contributed by atoms with E-state index >= 15 is 0 Å². The fourth-order valence-electron chi connectivity index (χ4n) is 2.49. The minimum Gasteiger partial charge on any atom is -0.344 e. The number of carbonyl (C=O) groups excluding carboxylic acids is 1. The van der Waals surface area contributed by atoms with Crippen molar-refractivity contribution in [3.8, 4) is 12.3 Å². The molecule has 3 heteroatoms. The maximum atomic E-state index is 11.5. The van der Waals surface area contributed by atoms with Crippen molar-refractivity contribution >= 4 is 5.91 Å². The van der Waals surface area contributed by atoms with Crippen LogP contribution in [-0.4, -0.2) is 37.0 Å². The average Bonchev–Trinajstić information content (AvgIpc) is 2.53. The molecule has 1 aliphatic heterocycles. The SMILES string of the molecule is C#CCNC(=O)CN1CCCC(CCC)CC1. The number of amides is 1. The monoisotopic (exact) mass is 236 g/mol. The van der Waals surface area contributed by atoms with Crippen LogP contribution < -0.4 is 5.32 Å². The van der Waals surface area contributed by atoms with E-state index in [0.717, 1.165) is 19.0 Å². The van der Waals surface area contributed by atoms with Gasteiger partial charge in [-0.3, -0.25) is 9.69 Å². The molecule has 3 nitrogen and oxygen atoms in total. The van der Waals surface area contributed by atoms with Crippen LogP contribution in [-0.2, 0) is 4.79 Å². The smallest absolute Gasteiger partial charge is 0.234 e. The Morgan fingerprint density at radius 1 is 1.47 bits per heavy atom. The molecule has 0 bridgehead atoms. The van der Waals surface area contributed by atoms with Crippen LogP contribution >= 0.6 is 0 Å². The van der Waals surface area contributed by atoms with E-state index in [1.54, 1.807) is 0 Å². The first-order valence-corrected chi connectivity index (χ1v) is 6.68. The summed E-state index contributed by atoms with van der Waals surface area (Å²) in [7, 11) is 0. The summed E-state index contributed by atoms with van der Waals surface area (Å²) in [5.74, 6) is 3.33. The summed E-state index contributed by atoms with van der Waals surface area (Å²) in [6.45, 7) is 5.18. The van der Waals surface area contributed by atoms with Crippen molar-refractivity contribution in [3.63, 3.8) is 0 Å². The molecule has 1 rings (SSSR count). The number of terminal acetylenes is 1. The van der Waals surface area contributed by atoms with Crippen LogP contribution in [0.3, 0.4) is 0 Å². The van der Waals surface area contributed by atoms with Crippen molar-refractivity contribution in [1.29, 1.82) is 0 Å². The topological polar surface area (TPSA) is 32.3 Å². The fourth-order valence-corrected chi connectivity index (χ4v) is 2.49. The highest BCUT2D eigenvalue weighted by Crippen LogP contribution is 2.21. The molecule has 0 aliphatic carbocycles. The Hall–Kier alpha value is -1.01. The van der Waals surface area contributed by atoms with E-state index in [-0.39, 0.29) is 5.91 Å². The van der Waals surface area contributed by atoms with Crippen LogP contribution in [0.1, 0.15) is 39.0 Å². The first-order chi connectivity index (χ1) is 8.26. The van der Waals surface area contributed by atoms with Crippen LogP contribution in [0.15, 0.2) is 0 Å². The zero-order valence-corrected chi connectivity index (χ0v) is 10.9. The van der Waals surface area contributed by atoms with Gasteiger partial charge in [-0.05, 0) is 38.3 Å². The molecule has 1 N–H and O–H groups in total. The highest BCUT2D eigenvalue weighted by Gasteiger charge is 2.17. The van der Waals surface area contributed by atoms with Crippen LogP contribution in [0.5, 0.6) is 0 Å². The highest BCUT2D eigenvalue weighted by atomic mass is 16.2. The average molecular weight is 236 g/mol. The first kappa shape index (κ1) is 14.1. The lowest BCUT2D eigenvalue weighted by Crippen LogP contribution is -2.37. The summed E-state index contributed by atoms with van der Waals surface area (Å²) in [6.07, 6.45) is 11.5. The van der Waals surface area contributed by atoms with Gasteiger partial charge >= 0.3 is 0 Å². The molecule has 0 spiro atoms. The number of nitrogens with zero attached hydrogens (tertiary/aromatic N) is 1. The van der Waals surface area contributed by atoms with Gasteiger partial charge in [0, 0.05) is 0 Å². The number of hydrogen-bond donors (Lipinski definition) is 1. The third-order valence-electron chi connectivity index (χ3n) is 3.39. The van der Waals surface area contributed by atoms with Gasteiger partial charge in [0.1, 0.15) is 0 Å². The minimum absolute atomic E-state index is 0.0527. The molecular weight excluding hydrogens is 212 g/mol. The normalized spacial score (nSPS) is 21.5. The second-order valence-corrected chi connectivity index (χ2v) is 4.84. The summed E-state index contributed by atoms with van der Waals surface area (Å²) in [4.78, 5) is 13.8. The zero-order chi connectivity index (χ0) is 12.5. The molecule has 17 heavy (non-hydrogen) atoms. The summed E-state index contributed by atoms with van der Waals surface area (Å²) in [5, 5.41) is 2.72. The predicted molar refractivity (Wildman–Crippen MR) is 70.5 cm³/mol. The summed E-state index contributed by atoms with van der Waals surface area (Å²) >= 11 is 0. The molecule has 1 atom stereocenters. The van der Waals surface area contributed by atoms with Gasteiger partial charge in [0.15, 0.2) is 0 Å². The molecule has 96 valence electrons. The molecule has 0 radical (unpaired) electrons. The molecule has 1 aliphatic rings. The molecular formula is C14H24N2O. The molecule has 1 fully saturated rings. The predicted octanol–water partition coefficient (Wildman–Crippen LogP) is 1.64. The second-order valence-electron chi connectivity index (χ2n) is 4.84. The third-order valence-corrected chi connectivity index (χ3v) is 3.39. The Balaban J connectivity index is 2.26. The van der Waals surface area contributed by atoms with Gasteiger partial charge in [0.25, 0.3) is 0 Å². The van der Waals surface area contributed by atoms with Gasteiger partial charge in [0.05, 0.1) is 13.1 Å². The lowest BCUT2D eigenvalue weighted by atomic mass is 9.96. The minimum atomic E-state index is 0.0527. The Morgan fingerprint density at radius 2 is 2.29 bits per heavy atom. The van der Waals surface area contributed by atoms with Crippen molar-refractivity contribution < 1.29 is 4.79 Å². The van der Waals surface area contributed by atoms with Gasteiger partial charge in [-0.1, -0.05) is 25.7 Å². The van der Waals surface area contributed by atoms with Crippen LogP contribution in [0.4, 0.5) is 0 Å². The molecule has 0 saturated carbocycles. The van der Waals surface area contributed by atoms with Crippen LogP contribution in [0.2, 0.25) is 0 Å². The maximum absolute atomic E-state index is 11.5. The van der Waals surface area contributed by atoms with Crippen molar-refractivity contribution in [2.24, 2.45) is 5.92 Å². The Morgan fingerprint density at radius 3 is 3.00 bits per heavy atom. The van der Waals surface area contributed by atoms with E-state index in [1.807, 2.05) is 0 Å². The fraction of sp³-hybridized carbons (Fsp3) is 0.786. The van der Waals surface area contributed by atoms with Gasteiger partial charge in [-0.25, -0.2) is 0 Å². The lowest BCUT2D eigenvalue weighted by molar-refractivity contribution is -0.122. The number of nitrogens with one attached hydrogen (secondary N) is 1. The van der Waals surface area contributed by atoms with Crippen molar-refractivity contribution in [1.82, 2.24) is 10.2 Å². The zero-order valence-electron chi connectivity index (χ0n) is 10.9. The van der Waals surface area contributed by atoms with Crippen molar-refractivity contribution in [2.45, 2.75) is 39.0 Å². The van der Waals surface area contributed by atoms with E-state index in [4.69, 9.17) is 6.42 Å². The van der Waals surface area contributed by atoms with Gasteiger partial charge in [-0.15, -0.1) is 6.42 Å². The van der Waals surface area contributed by atoms with Gasteiger partial charge in [0.2, 0.25) is 5.91 Å². The molecule has 0 aromatic heterocycles. The summed E-state index contributed by atoms with van der Waals surface area (Å²) < 4.78 is 0. The van der Waals surface area contributed by atoms with Crippen molar-refractivity contribution in [2.75, 3.05) is 26.2 Å². The lowest BCUT2D eigenvalue weighted by Gasteiger charge is -2.19. The van der Waals surface area contributed by atoms with E-state index in [1.165, 1.54) is 32.1 Å². The van der Waals surface area contributed by atoms with E-state index < -0.39 is 0 Å². The molecule has 1 unspecified atom stereocenters. The summed E-state index contributed by atoms with van der Waals surface area (Å²) in [6, 6.07) is 0. The van der Waals surface area contributed by atoms with Gasteiger partial charge in [-0.2, -0.15) is 0 Å². The summed E-state index contributed by atoms with van der Waals surface area (Å²) in [5.41, 5.74) is 0. The quantitative estimate of drug-likeness (QED) is 0.736. The second kappa shape index (κ2) is 8.14. The van der Waals surface area contributed by atoms with E-state index in [2.05, 4.69) is 23.1 Å². The highest BCUT2D eigenvalue weighted by molar-refractivity contribution is 5.78. The Labute approximate surface area is 105 Å². The number of rotatable bonds is 5.